The summed E-state index contributed by atoms with van der Waals surface area (Å²) in [5, 5.41) is 10.3. The van der Waals surface area contributed by atoms with Crippen molar-refractivity contribution in [1.29, 1.82) is 0 Å². The Kier molecular flexibility index (Phi) is 5.85. The number of aryl methyl sites for hydroxylation is 2. The van der Waals surface area contributed by atoms with Crippen LogP contribution in [-0.4, -0.2) is 32.0 Å². The Morgan fingerprint density at radius 2 is 2.11 bits per heavy atom. The fourth-order valence-electron chi connectivity index (χ4n) is 2.79. The maximum Gasteiger partial charge on any atom is 0.436 e. The molecule has 1 saturated carbocycles. The first-order valence-corrected chi connectivity index (χ1v) is 9.63. The van der Waals surface area contributed by atoms with Crippen LogP contribution in [0.25, 0.3) is 0 Å². The van der Waals surface area contributed by atoms with E-state index in [1.165, 1.54) is 9.36 Å². The topological polar surface area (TPSA) is 64.7 Å². The third-order valence-electron chi connectivity index (χ3n) is 4.23. The average molecular weight is 469 g/mol. The van der Waals surface area contributed by atoms with E-state index in [0.717, 1.165) is 23.0 Å². The second-order valence-electron chi connectivity index (χ2n) is 6.51. The highest BCUT2D eigenvalue weighted by Gasteiger charge is 2.41. The first-order chi connectivity index (χ1) is 12.7. The Bertz CT molecular complexity index is 824. The van der Waals surface area contributed by atoms with E-state index < -0.39 is 11.9 Å². The molecule has 0 bridgehead atoms. The van der Waals surface area contributed by atoms with Gasteiger partial charge in [0.25, 0.3) is 0 Å². The average Bonchev–Trinajstić information content (AvgIpc) is 3.26. The van der Waals surface area contributed by atoms with Crippen LogP contribution in [0, 0.1) is 6.92 Å². The molecule has 1 amide bonds. The SMILES string of the molecule is Cc1nn(CC(=O)NCCCn2nc(C(F)(F)F)c(Cl)c2C2CC2)cc1Br. The summed E-state index contributed by atoms with van der Waals surface area (Å²) in [7, 11) is 0. The van der Waals surface area contributed by atoms with Gasteiger partial charge in [0.15, 0.2) is 5.69 Å². The lowest BCUT2D eigenvalue weighted by atomic mass is 10.2. The van der Waals surface area contributed by atoms with Crippen molar-refractivity contribution in [2.45, 2.75) is 51.4 Å². The molecule has 0 spiro atoms. The molecule has 11 heteroatoms. The molecule has 2 aromatic heterocycles. The van der Waals surface area contributed by atoms with Gasteiger partial charge in [-0.3, -0.25) is 14.2 Å². The van der Waals surface area contributed by atoms with E-state index in [4.69, 9.17) is 11.6 Å². The van der Waals surface area contributed by atoms with Gasteiger partial charge in [-0.25, -0.2) is 0 Å². The van der Waals surface area contributed by atoms with Gasteiger partial charge < -0.3 is 5.32 Å². The van der Waals surface area contributed by atoms with Gasteiger partial charge >= 0.3 is 6.18 Å². The zero-order chi connectivity index (χ0) is 19.8. The quantitative estimate of drug-likeness (QED) is 0.627. The van der Waals surface area contributed by atoms with Crippen molar-refractivity contribution >= 4 is 33.4 Å². The molecule has 0 saturated heterocycles. The number of halogens is 5. The molecule has 0 aliphatic heterocycles. The van der Waals surface area contributed by atoms with Crippen molar-refractivity contribution in [3.63, 3.8) is 0 Å². The fraction of sp³-hybridized carbons (Fsp3) is 0.562. The van der Waals surface area contributed by atoms with E-state index >= 15 is 0 Å². The van der Waals surface area contributed by atoms with Crippen LogP contribution in [0.2, 0.25) is 5.02 Å². The van der Waals surface area contributed by atoms with Gasteiger partial charge in [-0.2, -0.15) is 23.4 Å². The summed E-state index contributed by atoms with van der Waals surface area (Å²) >= 11 is 9.26. The first-order valence-electron chi connectivity index (χ1n) is 8.46. The van der Waals surface area contributed by atoms with Gasteiger partial charge in [0.2, 0.25) is 5.91 Å². The van der Waals surface area contributed by atoms with Crippen molar-refractivity contribution < 1.29 is 18.0 Å². The monoisotopic (exact) mass is 467 g/mol. The van der Waals surface area contributed by atoms with Crippen LogP contribution in [0.5, 0.6) is 0 Å². The van der Waals surface area contributed by atoms with Crippen molar-refractivity contribution in [2.75, 3.05) is 6.54 Å². The van der Waals surface area contributed by atoms with Gasteiger partial charge in [0, 0.05) is 25.2 Å². The molecule has 2 heterocycles. The van der Waals surface area contributed by atoms with Gasteiger partial charge in [0.1, 0.15) is 6.54 Å². The molecule has 6 nitrogen and oxygen atoms in total. The van der Waals surface area contributed by atoms with Crippen LogP contribution in [0.1, 0.15) is 42.3 Å². The van der Waals surface area contributed by atoms with E-state index in [0.29, 0.717) is 18.7 Å². The number of hydrogen-bond acceptors (Lipinski definition) is 3. The first kappa shape index (κ1) is 20.2. The van der Waals surface area contributed by atoms with E-state index in [1.807, 2.05) is 6.92 Å². The number of rotatable bonds is 7. The lowest BCUT2D eigenvalue weighted by Gasteiger charge is -2.08. The van der Waals surface area contributed by atoms with Gasteiger partial charge in [-0.05, 0) is 42.1 Å². The Morgan fingerprint density at radius 1 is 1.41 bits per heavy atom. The summed E-state index contributed by atoms with van der Waals surface area (Å²) in [6.07, 6.45) is -0.781. The number of alkyl halides is 3. The highest BCUT2D eigenvalue weighted by atomic mass is 79.9. The van der Waals surface area contributed by atoms with Gasteiger partial charge in [0.05, 0.1) is 20.9 Å². The molecule has 0 unspecified atom stereocenters. The summed E-state index contributed by atoms with van der Waals surface area (Å²) in [5.74, 6) is -0.181. The predicted octanol–water partition coefficient (Wildman–Crippen LogP) is 3.91. The normalized spacial score (nSPS) is 14.6. The molecule has 0 aromatic carbocycles. The van der Waals surface area contributed by atoms with Gasteiger partial charge in [-0.15, -0.1) is 0 Å². The van der Waals surface area contributed by atoms with Crippen molar-refractivity contribution in [3.05, 3.63) is 32.8 Å². The molecular weight excluding hydrogens is 451 g/mol. The minimum Gasteiger partial charge on any atom is -0.354 e. The van der Waals surface area contributed by atoms with Crippen LogP contribution in [0.3, 0.4) is 0 Å². The summed E-state index contributed by atoms with van der Waals surface area (Å²) in [6.45, 7) is 2.48. The maximum atomic E-state index is 13.0. The summed E-state index contributed by atoms with van der Waals surface area (Å²) < 4.78 is 42.8. The van der Waals surface area contributed by atoms with Crippen LogP contribution in [0.4, 0.5) is 13.2 Å². The lowest BCUT2D eigenvalue weighted by molar-refractivity contribution is -0.141. The fourth-order valence-corrected chi connectivity index (χ4v) is 3.50. The van der Waals surface area contributed by atoms with Crippen LogP contribution < -0.4 is 5.32 Å². The standard InChI is InChI=1S/C16H18BrClF3N5O/c1-9-11(17)7-25(23-9)8-12(27)22-5-2-6-26-14(10-3-4-10)13(18)15(24-26)16(19,20)21/h7,10H,2-6,8H2,1H3,(H,22,27). The molecule has 0 radical (unpaired) electrons. The number of nitrogens with one attached hydrogen (secondary N) is 1. The highest BCUT2D eigenvalue weighted by Crippen LogP contribution is 2.46. The highest BCUT2D eigenvalue weighted by molar-refractivity contribution is 9.10. The molecule has 1 fully saturated rings. The molecule has 2 aromatic rings. The number of nitrogens with zero attached hydrogens (tertiary/aromatic N) is 4. The van der Waals surface area contributed by atoms with E-state index in [9.17, 15) is 18.0 Å². The molecule has 27 heavy (non-hydrogen) atoms. The zero-order valence-electron chi connectivity index (χ0n) is 14.5. The zero-order valence-corrected chi connectivity index (χ0v) is 16.8. The maximum absolute atomic E-state index is 13.0. The van der Waals surface area contributed by atoms with Crippen molar-refractivity contribution in [2.24, 2.45) is 0 Å². The lowest BCUT2D eigenvalue weighted by Crippen LogP contribution is -2.29. The number of carbonyl (C=O) groups is 1. The molecule has 1 aliphatic rings. The predicted molar refractivity (Wildman–Crippen MR) is 96.5 cm³/mol. The molecule has 148 valence electrons. The Labute approximate surface area is 167 Å². The Balaban J connectivity index is 1.54. The van der Waals surface area contributed by atoms with E-state index in [2.05, 4.69) is 31.4 Å². The van der Waals surface area contributed by atoms with Crippen LogP contribution in [-0.2, 0) is 24.1 Å². The largest absolute Gasteiger partial charge is 0.436 e. The third kappa shape index (κ3) is 4.84. The van der Waals surface area contributed by atoms with Crippen molar-refractivity contribution in [1.82, 2.24) is 24.9 Å². The Hall–Kier alpha value is -1.55. The van der Waals surface area contributed by atoms with Crippen LogP contribution >= 0.6 is 27.5 Å². The number of aromatic nitrogens is 4. The van der Waals surface area contributed by atoms with E-state index in [1.54, 1.807) is 6.20 Å². The minimum absolute atomic E-state index is 0.0391. The smallest absolute Gasteiger partial charge is 0.354 e. The Morgan fingerprint density at radius 3 is 2.67 bits per heavy atom. The molecule has 1 aliphatic carbocycles. The molecular formula is C16H18BrClF3N5O. The number of carbonyl (C=O) groups excluding carboxylic acids is 1. The summed E-state index contributed by atoms with van der Waals surface area (Å²) in [6, 6.07) is 0. The molecule has 3 rings (SSSR count). The molecule has 1 N–H and O–H groups in total. The second kappa shape index (κ2) is 7.83. The summed E-state index contributed by atoms with van der Waals surface area (Å²) in [4.78, 5) is 11.9. The van der Waals surface area contributed by atoms with E-state index in [-0.39, 0.29) is 29.9 Å². The van der Waals surface area contributed by atoms with Crippen molar-refractivity contribution in [3.8, 4) is 0 Å². The molecule has 0 atom stereocenters. The van der Waals surface area contributed by atoms with Crippen LogP contribution in [0.15, 0.2) is 10.7 Å². The number of amides is 1. The van der Waals surface area contributed by atoms with Gasteiger partial charge in [-0.1, -0.05) is 11.6 Å². The second-order valence-corrected chi connectivity index (χ2v) is 7.74. The number of hydrogen-bond donors (Lipinski definition) is 1. The minimum atomic E-state index is -4.57. The summed E-state index contributed by atoms with van der Waals surface area (Å²) in [5.41, 5.74) is 0.202. The third-order valence-corrected chi connectivity index (χ3v) is 5.38.